The highest BCUT2D eigenvalue weighted by Crippen LogP contribution is 2.29. The molecule has 5 heteroatoms. The molecule has 0 saturated carbocycles. The quantitative estimate of drug-likeness (QED) is 0.642. The monoisotopic (exact) mass is 235 g/mol. The zero-order valence-electron chi connectivity index (χ0n) is 9.98. The molecular formula is C12H17N3O2. The van der Waals surface area contributed by atoms with Crippen LogP contribution in [0.15, 0.2) is 18.2 Å². The van der Waals surface area contributed by atoms with Crippen molar-refractivity contribution in [2.75, 3.05) is 25.5 Å². The molecule has 17 heavy (non-hydrogen) atoms. The Morgan fingerprint density at radius 3 is 2.71 bits per heavy atom. The number of para-hydroxylation sites is 1. The minimum Gasteiger partial charge on any atom is -0.382 e. The smallest absolute Gasteiger partial charge is 0.292 e. The normalized spacial score (nSPS) is 16.1. The number of nitrogens with one attached hydrogen (secondary N) is 1. The lowest BCUT2D eigenvalue weighted by Gasteiger charge is -2.17. The topological polar surface area (TPSA) is 58.4 Å². The van der Waals surface area contributed by atoms with Crippen molar-refractivity contribution in [1.29, 1.82) is 0 Å². The lowest BCUT2D eigenvalue weighted by Crippen LogP contribution is -2.19. The van der Waals surface area contributed by atoms with Crippen molar-refractivity contribution >= 4 is 11.4 Å². The summed E-state index contributed by atoms with van der Waals surface area (Å²) in [6.07, 6.45) is 2.45. The molecule has 0 unspecified atom stereocenters. The molecule has 1 heterocycles. The first-order valence-corrected chi connectivity index (χ1v) is 5.89. The fourth-order valence-electron chi connectivity index (χ4n) is 2.34. The van der Waals surface area contributed by atoms with Crippen molar-refractivity contribution < 1.29 is 4.92 Å². The maximum atomic E-state index is 10.9. The highest BCUT2D eigenvalue weighted by Gasteiger charge is 2.19. The molecule has 0 aromatic heterocycles. The van der Waals surface area contributed by atoms with E-state index in [1.54, 1.807) is 19.2 Å². The van der Waals surface area contributed by atoms with Crippen LogP contribution in [-0.4, -0.2) is 30.0 Å². The van der Waals surface area contributed by atoms with Gasteiger partial charge in [0.05, 0.1) is 4.92 Å². The molecule has 5 nitrogen and oxygen atoms in total. The summed E-state index contributed by atoms with van der Waals surface area (Å²) in [6.45, 7) is 2.97. The lowest BCUT2D eigenvalue weighted by molar-refractivity contribution is -0.384. The summed E-state index contributed by atoms with van der Waals surface area (Å²) in [5, 5.41) is 13.9. The van der Waals surface area contributed by atoms with E-state index in [0.29, 0.717) is 5.69 Å². The van der Waals surface area contributed by atoms with E-state index < -0.39 is 0 Å². The maximum absolute atomic E-state index is 10.9. The first kappa shape index (κ1) is 11.9. The van der Waals surface area contributed by atoms with Gasteiger partial charge in [-0.25, -0.2) is 0 Å². The van der Waals surface area contributed by atoms with E-state index in [2.05, 4.69) is 10.2 Å². The van der Waals surface area contributed by atoms with Gasteiger partial charge in [0, 0.05) is 19.7 Å². The van der Waals surface area contributed by atoms with E-state index in [0.717, 1.165) is 25.2 Å². The molecule has 1 aliphatic heterocycles. The number of rotatable bonds is 4. The molecule has 1 aromatic rings. The standard InChI is InChI=1S/C12H17N3O2/c1-13-12-10(9-14-7-2-3-8-14)5-4-6-11(12)15(16)17/h4-6,13H,2-3,7-9H2,1H3. The van der Waals surface area contributed by atoms with E-state index in [-0.39, 0.29) is 10.6 Å². The number of anilines is 1. The van der Waals surface area contributed by atoms with Crippen molar-refractivity contribution in [3.8, 4) is 0 Å². The second kappa shape index (κ2) is 5.14. The third-order valence-electron chi connectivity index (χ3n) is 3.17. The summed E-state index contributed by atoms with van der Waals surface area (Å²) in [5.74, 6) is 0. The van der Waals surface area contributed by atoms with Crippen LogP contribution in [0.25, 0.3) is 0 Å². The number of likely N-dealkylation sites (tertiary alicyclic amines) is 1. The summed E-state index contributed by atoms with van der Waals surface area (Å²) in [5.41, 5.74) is 1.80. The van der Waals surface area contributed by atoms with Crippen LogP contribution in [0.1, 0.15) is 18.4 Å². The second-order valence-corrected chi connectivity index (χ2v) is 4.30. The third-order valence-corrected chi connectivity index (χ3v) is 3.17. The van der Waals surface area contributed by atoms with Crippen LogP contribution in [0.2, 0.25) is 0 Å². The van der Waals surface area contributed by atoms with Crippen LogP contribution in [0.5, 0.6) is 0 Å². The van der Waals surface area contributed by atoms with Crippen LogP contribution in [-0.2, 0) is 6.54 Å². The Morgan fingerprint density at radius 2 is 2.12 bits per heavy atom. The molecule has 1 saturated heterocycles. The van der Waals surface area contributed by atoms with Gasteiger partial charge in [0.15, 0.2) is 0 Å². The average molecular weight is 235 g/mol. The fraction of sp³-hybridized carbons (Fsp3) is 0.500. The van der Waals surface area contributed by atoms with Gasteiger partial charge in [-0.15, -0.1) is 0 Å². The number of hydrogen-bond donors (Lipinski definition) is 1. The average Bonchev–Trinajstić information content (AvgIpc) is 2.81. The molecule has 1 aliphatic rings. The molecule has 92 valence electrons. The van der Waals surface area contributed by atoms with Gasteiger partial charge in [-0.3, -0.25) is 15.0 Å². The van der Waals surface area contributed by atoms with Crippen molar-refractivity contribution in [3.05, 3.63) is 33.9 Å². The van der Waals surface area contributed by atoms with E-state index in [1.807, 2.05) is 6.07 Å². The molecule has 0 radical (unpaired) electrons. The molecule has 0 spiro atoms. The second-order valence-electron chi connectivity index (χ2n) is 4.30. The Labute approximate surface area is 101 Å². The molecule has 2 rings (SSSR count). The largest absolute Gasteiger partial charge is 0.382 e. The minimum absolute atomic E-state index is 0.157. The summed E-state index contributed by atoms with van der Waals surface area (Å²) in [6, 6.07) is 5.25. The number of hydrogen-bond acceptors (Lipinski definition) is 4. The summed E-state index contributed by atoms with van der Waals surface area (Å²) in [4.78, 5) is 12.9. The van der Waals surface area contributed by atoms with Crippen LogP contribution in [0.3, 0.4) is 0 Å². The Kier molecular flexibility index (Phi) is 3.58. The predicted molar refractivity (Wildman–Crippen MR) is 67.2 cm³/mol. The van der Waals surface area contributed by atoms with Gasteiger partial charge in [-0.2, -0.15) is 0 Å². The minimum atomic E-state index is -0.334. The van der Waals surface area contributed by atoms with Crippen LogP contribution in [0, 0.1) is 10.1 Å². The Bertz CT molecular complexity index is 414. The first-order valence-electron chi connectivity index (χ1n) is 5.89. The van der Waals surface area contributed by atoms with Crippen LogP contribution < -0.4 is 5.32 Å². The van der Waals surface area contributed by atoms with Crippen LogP contribution in [0.4, 0.5) is 11.4 Å². The number of nitro groups is 1. The van der Waals surface area contributed by atoms with Gasteiger partial charge in [0.1, 0.15) is 5.69 Å². The molecule has 0 amide bonds. The van der Waals surface area contributed by atoms with Crippen molar-refractivity contribution in [2.24, 2.45) is 0 Å². The molecule has 1 aromatic carbocycles. The third kappa shape index (κ3) is 2.55. The van der Waals surface area contributed by atoms with E-state index in [1.165, 1.54) is 12.8 Å². The molecular weight excluding hydrogens is 218 g/mol. The number of nitro benzene ring substituents is 1. The maximum Gasteiger partial charge on any atom is 0.292 e. The van der Waals surface area contributed by atoms with Gasteiger partial charge in [-0.05, 0) is 31.5 Å². The van der Waals surface area contributed by atoms with E-state index in [9.17, 15) is 10.1 Å². The molecule has 1 N–H and O–H groups in total. The molecule has 0 aliphatic carbocycles. The molecule has 1 fully saturated rings. The van der Waals surface area contributed by atoms with E-state index >= 15 is 0 Å². The summed E-state index contributed by atoms with van der Waals surface area (Å²) in [7, 11) is 1.73. The van der Waals surface area contributed by atoms with Crippen molar-refractivity contribution in [3.63, 3.8) is 0 Å². The zero-order valence-corrected chi connectivity index (χ0v) is 9.98. The summed E-state index contributed by atoms with van der Waals surface area (Å²) >= 11 is 0. The molecule has 0 bridgehead atoms. The Morgan fingerprint density at radius 1 is 1.41 bits per heavy atom. The Balaban J connectivity index is 2.25. The lowest BCUT2D eigenvalue weighted by atomic mass is 10.1. The van der Waals surface area contributed by atoms with Crippen molar-refractivity contribution in [2.45, 2.75) is 19.4 Å². The van der Waals surface area contributed by atoms with Gasteiger partial charge in [0.2, 0.25) is 0 Å². The highest BCUT2D eigenvalue weighted by molar-refractivity contribution is 5.66. The van der Waals surface area contributed by atoms with E-state index in [4.69, 9.17) is 0 Å². The SMILES string of the molecule is CNc1c(CN2CCCC2)cccc1[N+](=O)[O-]. The van der Waals surface area contributed by atoms with Gasteiger partial charge in [-0.1, -0.05) is 12.1 Å². The van der Waals surface area contributed by atoms with Gasteiger partial charge in [0.25, 0.3) is 5.69 Å². The zero-order chi connectivity index (χ0) is 12.3. The number of benzene rings is 1. The van der Waals surface area contributed by atoms with Crippen LogP contribution >= 0.6 is 0 Å². The highest BCUT2D eigenvalue weighted by atomic mass is 16.6. The van der Waals surface area contributed by atoms with Gasteiger partial charge >= 0.3 is 0 Å². The number of nitrogens with zero attached hydrogens (tertiary/aromatic N) is 2. The predicted octanol–water partition coefficient (Wildman–Crippen LogP) is 2.23. The summed E-state index contributed by atoms with van der Waals surface area (Å²) < 4.78 is 0. The Hall–Kier alpha value is -1.62. The van der Waals surface area contributed by atoms with Crippen molar-refractivity contribution in [1.82, 2.24) is 4.90 Å². The molecule has 0 atom stereocenters. The fourth-order valence-corrected chi connectivity index (χ4v) is 2.34. The van der Waals surface area contributed by atoms with Gasteiger partial charge < -0.3 is 5.32 Å². The first-order chi connectivity index (χ1) is 8.22.